The highest BCUT2D eigenvalue weighted by Gasteiger charge is 2.48. The van der Waals surface area contributed by atoms with E-state index in [4.69, 9.17) is 0 Å². The highest BCUT2D eigenvalue weighted by atomic mass is 19.4. The number of hydrogen-bond acceptors (Lipinski definition) is 3. The lowest BCUT2D eigenvalue weighted by molar-refractivity contribution is -0.139. The van der Waals surface area contributed by atoms with Crippen LogP contribution >= 0.6 is 0 Å². The number of piperidine rings is 1. The maximum Gasteiger partial charge on any atom is 0.416 e. The van der Waals surface area contributed by atoms with Crippen molar-refractivity contribution in [2.24, 2.45) is 0 Å². The summed E-state index contributed by atoms with van der Waals surface area (Å²) < 4.78 is 38.6. The molecule has 0 N–H and O–H groups in total. The number of rotatable bonds is 6. The van der Waals surface area contributed by atoms with Crippen LogP contribution in [0.1, 0.15) is 41.0 Å². The van der Waals surface area contributed by atoms with Crippen molar-refractivity contribution in [3.63, 3.8) is 0 Å². The van der Waals surface area contributed by atoms with Crippen molar-refractivity contribution < 1.29 is 22.8 Å². The van der Waals surface area contributed by atoms with Gasteiger partial charge in [-0.1, -0.05) is 72.8 Å². The van der Waals surface area contributed by atoms with Crippen LogP contribution in [0, 0.1) is 0 Å². The Morgan fingerprint density at radius 3 is 1.97 bits per heavy atom. The zero-order chi connectivity index (χ0) is 26.0. The molecule has 0 aliphatic carbocycles. The van der Waals surface area contributed by atoms with Crippen molar-refractivity contribution in [3.05, 3.63) is 107 Å². The van der Waals surface area contributed by atoms with Gasteiger partial charge in [-0.2, -0.15) is 13.2 Å². The van der Waals surface area contributed by atoms with Crippen LogP contribution in [0.3, 0.4) is 0 Å². The third-order valence-electron chi connectivity index (χ3n) is 7.90. The van der Waals surface area contributed by atoms with E-state index in [1.165, 1.54) is 12.1 Å². The van der Waals surface area contributed by atoms with E-state index in [9.17, 15) is 22.8 Å². The monoisotopic (exact) mass is 506 g/mol. The van der Waals surface area contributed by atoms with Crippen LogP contribution in [0.2, 0.25) is 0 Å². The van der Waals surface area contributed by atoms with Crippen LogP contribution in [0.25, 0.3) is 0 Å². The molecule has 37 heavy (non-hydrogen) atoms. The summed E-state index contributed by atoms with van der Waals surface area (Å²) in [7, 11) is 0. The molecular formula is C30H29F3N2O2. The predicted molar refractivity (Wildman–Crippen MR) is 135 cm³/mol. The smallest absolute Gasteiger partial charge is 0.340 e. The molecule has 2 heterocycles. The third kappa shape index (κ3) is 4.80. The second-order valence-corrected chi connectivity index (χ2v) is 9.97. The van der Waals surface area contributed by atoms with Crippen molar-refractivity contribution in [1.82, 2.24) is 9.80 Å². The molecule has 0 aromatic heterocycles. The predicted octanol–water partition coefficient (Wildman–Crippen LogP) is 5.28. The van der Waals surface area contributed by atoms with Crippen LogP contribution < -0.4 is 0 Å². The minimum absolute atomic E-state index is 0.0159. The zero-order valence-electron chi connectivity index (χ0n) is 20.4. The van der Waals surface area contributed by atoms with Gasteiger partial charge in [0.05, 0.1) is 18.2 Å². The zero-order valence-corrected chi connectivity index (χ0v) is 20.4. The molecule has 3 aromatic rings. The van der Waals surface area contributed by atoms with Crippen molar-refractivity contribution in [2.45, 2.75) is 36.4 Å². The second-order valence-electron chi connectivity index (χ2n) is 9.97. The van der Waals surface area contributed by atoms with E-state index in [1.54, 1.807) is 4.90 Å². The summed E-state index contributed by atoms with van der Waals surface area (Å²) in [5, 5.41) is 0. The number of likely N-dealkylation sites (tertiary alicyclic amines) is 2. The fourth-order valence-electron chi connectivity index (χ4n) is 5.92. The molecule has 2 aliphatic rings. The lowest BCUT2D eigenvalue weighted by atomic mass is 9.64. The van der Waals surface area contributed by atoms with Gasteiger partial charge in [0.15, 0.2) is 0 Å². The quantitative estimate of drug-likeness (QED) is 0.427. The van der Waals surface area contributed by atoms with Gasteiger partial charge in [-0.05, 0) is 48.2 Å². The first-order valence-electron chi connectivity index (χ1n) is 12.6. The SMILES string of the molecule is O=CC1N(CC(=O)N2CC(c3ccc(C(F)(F)F)cc3)C2)CCCC1(c1ccccc1)c1ccccc1. The molecule has 2 fully saturated rings. The molecule has 5 rings (SSSR count). The Morgan fingerprint density at radius 2 is 1.46 bits per heavy atom. The lowest BCUT2D eigenvalue weighted by Crippen LogP contribution is -2.60. The summed E-state index contributed by atoms with van der Waals surface area (Å²) >= 11 is 0. The molecule has 192 valence electrons. The largest absolute Gasteiger partial charge is 0.416 e. The summed E-state index contributed by atoms with van der Waals surface area (Å²) in [6, 6.07) is 24.7. The molecule has 1 unspecified atom stereocenters. The average molecular weight is 507 g/mol. The fraction of sp³-hybridized carbons (Fsp3) is 0.333. The minimum atomic E-state index is -4.36. The van der Waals surface area contributed by atoms with Crippen molar-refractivity contribution in [1.29, 1.82) is 0 Å². The van der Waals surface area contributed by atoms with E-state index in [2.05, 4.69) is 24.3 Å². The molecule has 1 atom stereocenters. The Morgan fingerprint density at radius 1 is 0.892 bits per heavy atom. The number of benzene rings is 3. The van der Waals surface area contributed by atoms with E-state index in [1.807, 2.05) is 41.3 Å². The van der Waals surface area contributed by atoms with Gasteiger partial charge < -0.3 is 9.69 Å². The minimum Gasteiger partial charge on any atom is -0.340 e. The highest BCUT2D eigenvalue weighted by Crippen LogP contribution is 2.44. The van der Waals surface area contributed by atoms with Crippen LogP contribution in [0.4, 0.5) is 13.2 Å². The summed E-state index contributed by atoms with van der Waals surface area (Å²) in [5.41, 5.74) is 1.69. The number of hydrogen-bond donors (Lipinski definition) is 0. The van der Waals surface area contributed by atoms with Crippen LogP contribution in [-0.4, -0.2) is 54.2 Å². The summed E-state index contributed by atoms with van der Waals surface area (Å²) in [5.74, 6) is -0.0471. The topological polar surface area (TPSA) is 40.6 Å². The van der Waals surface area contributed by atoms with Gasteiger partial charge in [0.1, 0.15) is 6.29 Å². The number of carbonyl (C=O) groups excluding carboxylic acids is 2. The van der Waals surface area contributed by atoms with Gasteiger partial charge in [-0.15, -0.1) is 0 Å². The Hall–Kier alpha value is -3.45. The Balaban J connectivity index is 1.31. The highest BCUT2D eigenvalue weighted by molar-refractivity contribution is 5.80. The van der Waals surface area contributed by atoms with Gasteiger partial charge in [0.2, 0.25) is 5.91 Å². The molecule has 0 saturated carbocycles. The Labute approximate surface area is 214 Å². The van der Waals surface area contributed by atoms with E-state index in [-0.39, 0.29) is 18.4 Å². The number of carbonyl (C=O) groups is 2. The molecule has 2 aliphatic heterocycles. The third-order valence-corrected chi connectivity index (χ3v) is 7.90. The molecule has 4 nitrogen and oxygen atoms in total. The van der Waals surface area contributed by atoms with Gasteiger partial charge in [-0.25, -0.2) is 0 Å². The first kappa shape index (κ1) is 25.2. The lowest BCUT2D eigenvalue weighted by Gasteiger charge is -2.49. The van der Waals surface area contributed by atoms with E-state index < -0.39 is 23.2 Å². The first-order chi connectivity index (χ1) is 17.8. The molecular weight excluding hydrogens is 477 g/mol. The molecule has 0 bridgehead atoms. The molecule has 1 amide bonds. The van der Waals surface area contributed by atoms with E-state index in [0.717, 1.165) is 48.0 Å². The number of nitrogens with zero attached hydrogens (tertiary/aromatic N) is 2. The van der Waals surface area contributed by atoms with Gasteiger partial charge >= 0.3 is 6.18 Å². The summed E-state index contributed by atoms with van der Waals surface area (Å²) in [6.07, 6.45) is -1.74. The fourth-order valence-corrected chi connectivity index (χ4v) is 5.92. The molecule has 7 heteroatoms. The maximum absolute atomic E-state index is 13.2. The Bertz CT molecular complexity index is 1180. The van der Waals surface area contributed by atoms with E-state index >= 15 is 0 Å². The number of amides is 1. The summed E-state index contributed by atoms with van der Waals surface area (Å²) in [6.45, 7) is 1.70. The van der Waals surface area contributed by atoms with Gasteiger partial charge in [-0.3, -0.25) is 9.69 Å². The van der Waals surface area contributed by atoms with Crippen molar-refractivity contribution >= 4 is 12.2 Å². The van der Waals surface area contributed by atoms with E-state index in [0.29, 0.717) is 19.6 Å². The average Bonchev–Trinajstić information content (AvgIpc) is 2.88. The van der Waals surface area contributed by atoms with Gasteiger partial charge in [0, 0.05) is 24.4 Å². The van der Waals surface area contributed by atoms with Crippen LogP contribution in [0.5, 0.6) is 0 Å². The Kier molecular flexibility index (Phi) is 6.90. The summed E-state index contributed by atoms with van der Waals surface area (Å²) in [4.78, 5) is 29.6. The maximum atomic E-state index is 13.2. The molecule has 0 spiro atoms. The van der Waals surface area contributed by atoms with Crippen LogP contribution in [-0.2, 0) is 21.2 Å². The number of aldehydes is 1. The first-order valence-corrected chi connectivity index (χ1v) is 12.6. The number of halogens is 3. The molecule has 2 saturated heterocycles. The molecule has 3 aromatic carbocycles. The van der Waals surface area contributed by atoms with Crippen LogP contribution in [0.15, 0.2) is 84.9 Å². The second kappa shape index (κ2) is 10.1. The van der Waals surface area contributed by atoms with Crippen molar-refractivity contribution in [3.8, 4) is 0 Å². The normalized spacial score (nSPS) is 20.3. The number of alkyl halides is 3. The molecule has 0 radical (unpaired) electrons. The standard InChI is InChI=1S/C30H29F3N2O2/c31-30(32,33)26-14-12-22(13-15-26)23-18-35(19-23)28(37)20-34-17-7-16-29(27(34)21-36,24-8-3-1-4-9-24)25-10-5-2-6-11-25/h1-6,8-15,21,23,27H,7,16-20H2. The van der Waals surface area contributed by atoms with Gasteiger partial charge in [0.25, 0.3) is 0 Å². The van der Waals surface area contributed by atoms with Crippen molar-refractivity contribution in [2.75, 3.05) is 26.2 Å².